The van der Waals surface area contributed by atoms with Crippen molar-refractivity contribution in [1.82, 2.24) is 4.98 Å². The van der Waals surface area contributed by atoms with E-state index in [-0.39, 0.29) is 0 Å². The number of azo groups is 1. The molecule has 0 bridgehead atoms. The zero-order valence-electron chi connectivity index (χ0n) is 17.1. The molecule has 0 aliphatic carbocycles. The number of aromatic nitrogens is 1. The summed E-state index contributed by atoms with van der Waals surface area (Å²) in [5.74, 6) is 1.23. The predicted molar refractivity (Wildman–Crippen MR) is 122 cm³/mol. The van der Waals surface area contributed by atoms with E-state index in [9.17, 15) is 0 Å². The number of hydrogen-bond donors (Lipinski definition) is 0. The van der Waals surface area contributed by atoms with Crippen molar-refractivity contribution < 1.29 is 0 Å². The number of thiazole rings is 1. The van der Waals surface area contributed by atoms with Crippen molar-refractivity contribution in [3.63, 3.8) is 0 Å². The summed E-state index contributed by atoms with van der Waals surface area (Å²) in [5.41, 5.74) is 4.12. The first-order valence-electron chi connectivity index (χ1n) is 9.65. The Kier molecular flexibility index (Phi) is 6.68. The summed E-state index contributed by atoms with van der Waals surface area (Å²) in [7, 11) is 0. The van der Waals surface area contributed by atoms with Crippen molar-refractivity contribution in [3.8, 4) is 0 Å². The molecule has 0 aliphatic rings. The number of benzene rings is 2. The average molecular weight is 415 g/mol. The predicted octanol–water partition coefficient (Wildman–Crippen LogP) is 7.79. The Labute approximate surface area is 176 Å². The van der Waals surface area contributed by atoms with Crippen molar-refractivity contribution in [1.29, 1.82) is 0 Å². The fourth-order valence-electron chi connectivity index (χ4n) is 3.14. The standard InChI is InChI=1S/C22H27ClN4S/c1-14(2)12-27(13-15(3)4)18-7-9-19(16(5)10-18)25-26-22-24-20-8-6-17(23)11-21(20)28-22/h6-11,14-15H,12-13H2,1-5H3. The molecule has 0 amide bonds. The number of halogens is 1. The molecule has 0 unspecified atom stereocenters. The maximum absolute atomic E-state index is 6.05. The molecule has 3 rings (SSSR count). The van der Waals surface area contributed by atoms with Crippen molar-refractivity contribution in [2.24, 2.45) is 22.1 Å². The van der Waals surface area contributed by atoms with Crippen LogP contribution in [-0.2, 0) is 0 Å². The van der Waals surface area contributed by atoms with Gasteiger partial charge in [0.1, 0.15) is 0 Å². The zero-order valence-corrected chi connectivity index (χ0v) is 18.7. The first kappa shape index (κ1) is 20.7. The lowest BCUT2D eigenvalue weighted by Crippen LogP contribution is -2.31. The molecule has 6 heteroatoms. The number of aryl methyl sites for hydroxylation is 1. The molecule has 0 aliphatic heterocycles. The summed E-state index contributed by atoms with van der Waals surface area (Å²) in [6, 6.07) is 12.1. The van der Waals surface area contributed by atoms with Gasteiger partial charge in [-0.1, -0.05) is 50.6 Å². The van der Waals surface area contributed by atoms with Crippen LogP contribution in [0.2, 0.25) is 5.02 Å². The minimum atomic E-state index is 0.617. The second kappa shape index (κ2) is 9.01. The van der Waals surface area contributed by atoms with Gasteiger partial charge in [-0.15, -0.1) is 10.2 Å². The zero-order chi connectivity index (χ0) is 20.3. The highest BCUT2D eigenvalue weighted by atomic mass is 35.5. The lowest BCUT2D eigenvalue weighted by Gasteiger charge is -2.29. The Morgan fingerprint density at radius 1 is 1.00 bits per heavy atom. The van der Waals surface area contributed by atoms with E-state index in [1.54, 1.807) is 0 Å². The molecule has 1 heterocycles. The molecule has 0 radical (unpaired) electrons. The van der Waals surface area contributed by atoms with E-state index in [4.69, 9.17) is 11.6 Å². The molecule has 2 aromatic carbocycles. The Morgan fingerprint density at radius 2 is 1.71 bits per heavy atom. The third-order valence-electron chi connectivity index (χ3n) is 4.30. The van der Waals surface area contributed by atoms with Gasteiger partial charge in [0.2, 0.25) is 5.13 Å². The van der Waals surface area contributed by atoms with Gasteiger partial charge in [0.15, 0.2) is 0 Å². The summed E-state index contributed by atoms with van der Waals surface area (Å²) in [6.45, 7) is 13.2. The summed E-state index contributed by atoms with van der Waals surface area (Å²) in [5, 5.41) is 10.1. The Morgan fingerprint density at radius 3 is 2.36 bits per heavy atom. The molecule has 0 fully saturated rings. The quantitative estimate of drug-likeness (QED) is 0.370. The fraction of sp³-hybridized carbons (Fsp3) is 0.409. The number of rotatable bonds is 7. The van der Waals surface area contributed by atoms with Crippen molar-refractivity contribution in [2.75, 3.05) is 18.0 Å². The lowest BCUT2D eigenvalue weighted by molar-refractivity contribution is 0.552. The van der Waals surface area contributed by atoms with Gasteiger partial charge in [-0.2, -0.15) is 0 Å². The molecule has 4 nitrogen and oxygen atoms in total. The van der Waals surface area contributed by atoms with Gasteiger partial charge in [-0.05, 0) is 60.7 Å². The van der Waals surface area contributed by atoms with E-state index in [0.29, 0.717) is 22.0 Å². The Bertz CT molecular complexity index is 968. The highest BCUT2D eigenvalue weighted by Crippen LogP contribution is 2.32. The second-order valence-electron chi connectivity index (χ2n) is 7.97. The Hall–Kier alpha value is -1.98. The van der Waals surface area contributed by atoms with Gasteiger partial charge >= 0.3 is 0 Å². The van der Waals surface area contributed by atoms with E-state index in [1.807, 2.05) is 24.3 Å². The van der Waals surface area contributed by atoms with Gasteiger partial charge < -0.3 is 4.90 Å². The molecule has 28 heavy (non-hydrogen) atoms. The van der Waals surface area contributed by atoms with Crippen LogP contribution in [0.15, 0.2) is 46.6 Å². The molecule has 0 N–H and O–H groups in total. The normalized spacial score (nSPS) is 12.0. The molecular weight excluding hydrogens is 388 g/mol. The van der Waals surface area contributed by atoms with Crippen molar-refractivity contribution >= 4 is 49.7 Å². The van der Waals surface area contributed by atoms with Crippen LogP contribution < -0.4 is 4.90 Å². The summed E-state index contributed by atoms with van der Waals surface area (Å²) < 4.78 is 1.02. The highest BCUT2D eigenvalue weighted by molar-refractivity contribution is 7.21. The van der Waals surface area contributed by atoms with Crippen LogP contribution in [0.5, 0.6) is 0 Å². The monoisotopic (exact) mass is 414 g/mol. The smallest absolute Gasteiger partial charge is 0.231 e. The topological polar surface area (TPSA) is 40.9 Å². The van der Waals surface area contributed by atoms with Gasteiger partial charge in [0, 0.05) is 23.8 Å². The summed E-state index contributed by atoms with van der Waals surface area (Å²) in [4.78, 5) is 6.96. The Balaban J connectivity index is 1.81. The largest absolute Gasteiger partial charge is 0.371 e. The van der Waals surface area contributed by atoms with Crippen molar-refractivity contribution in [2.45, 2.75) is 34.6 Å². The van der Waals surface area contributed by atoms with Gasteiger partial charge in [-0.3, -0.25) is 0 Å². The third-order valence-corrected chi connectivity index (χ3v) is 5.44. The van der Waals surface area contributed by atoms with E-state index in [0.717, 1.165) is 34.6 Å². The minimum Gasteiger partial charge on any atom is -0.371 e. The van der Waals surface area contributed by atoms with Gasteiger partial charge in [0.05, 0.1) is 15.9 Å². The van der Waals surface area contributed by atoms with E-state index in [1.165, 1.54) is 17.0 Å². The molecule has 0 spiro atoms. The van der Waals surface area contributed by atoms with Crippen LogP contribution in [-0.4, -0.2) is 18.1 Å². The molecule has 148 valence electrons. The van der Waals surface area contributed by atoms with E-state index >= 15 is 0 Å². The third kappa shape index (κ3) is 5.30. The van der Waals surface area contributed by atoms with Crippen LogP contribution >= 0.6 is 22.9 Å². The van der Waals surface area contributed by atoms with Gasteiger partial charge in [0.25, 0.3) is 0 Å². The van der Waals surface area contributed by atoms with Gasteiger partial charge in [-0.25, -0.2) is 4.98 Å². The first-order valence-corrected chi connectivity index (χ1v) is 10.8. The molecule has 0 atom stereocenters. The fourth-order valence-corrected chi connectivity index (χ4v) is 4.20. The molecule has 0 saturated carbocycles. The molecule has 0 saturated heterocycles. The minimum absolute atomic E-state index is 0.617. The van der Waals surface area contributed by atoms with Crippen LogP contribution in [0.1, 0.15) is 33.3 Å². The van der Waals surface area contributed by atoms with Crippen LogP contribution in [0.3, 0.4) is 0 Å². The highest BCUT2D eigenvalue weighted by Gasteiger charge is 2.12. The van der Waals surface area contributed by atoms with E-state index in [2.05, 4.69) is 66.9 Å². The second-order valence-corrected chi connectivity index (χ2v) is 9.42. The number of nitrogens with zero attached hydrogens (tertiary/aromatic N) is 4. The number of hydrogen-bond acceptors (Lipinski definition) is 5. The maximum Gasteiger partial charge on any atom is 0.231 e. The summed E-state index contributed by atoms with van der Waals surface area (Å²) in [6.07, 6.45) is 0. The number of fused-ring (bicyclic) bond motifs is 1. The first-order chi connectivity index (χ1) is 13.3. The van der Waals surface area contributed by atoms with Crippen LogP contribution in [0, 0.1) is 18.8 Å². The maximum atomic E-state index is 6.05. The molecule has 1 aromatic heterocycles. The summed E-state index contributed by atoms with van der Waals surface area (Å²) >= 11 is 7.54. The van der Waals surface area contributed by atoms with Crippen molar-refractivity contribution in [3.05, 3.63) is 47.0 Å². The number of anilines is 1. The van der Waals surface area contributed by atoms with E-state index < -0.39 is 0 Å². The van der Waals surface area contributed by atoms with Crippen LogP contribution in [0.4, 0.5) is 16.5 Å². The SMILES string of the molecule is Cc1cc(N(CC(C)C)CC(C)C)ccc1N=Nc1nc2ccc(Cl)cc2s1. The lowest BCUT2D eigenvalue weighted by atomic mass is 10.1. The van der Waals surface area contributed by atoms with Crippen LogP contribution in [0.25, 0.3) is 10.2 Å². The average Bonchev–Trinajstić information content (AvgIpc) is 3.01. The molecular formula is C22H27ClN4S. The molecule has 3 aromatic rings.